The van der Waals surface area contributed by atoms with Gasteiger partial charge < -0.3 is 5.32 Å². The Labute approximate surface area is 112 Å². The summed E-state index contributed by atoms with van der Waals surface area (Å²) >= 11 is 5.94. The average molecular weight is 274 g/mol. The SMILES string of the molecule is Fc1cccc(CNC2CCCCC2CCl)c1F. The summed E-state index contributed by atoms with van der Waals surface area (Å²) in [6.45, 7) is 0.363. The van der Waals surface area contributed by atoms with Crippen LogP contribution in [-0.4, -0.2) is 11.9 Å². The molecule has 1 aliphatic rings. The zero-order valence-electron chi connectivity index (χ0n) is 10.3. The van der Waals surface area contributed by atoms with Crippen molar-refractivity contribution in [2.45, 2.75) is 38.3 Å². The van der Waals surface area contributed by atoms with Crippen LogP contribution in [-0.2, 0) is 6.54 Å². The zero-order chi connectivity index (χ0) is 13.0. The first-order chi connectivity index (χ1) is 8.72. The van der Waals surface area contributed by atoms with E-state index in [1.807, 2.05) is 0 Å². The Morgan fingerprint density at radius 1 is 1.22 bits per heavy atom. The van der Waals surface area contributed by atoms with Crippen molar-refractivity contribution in [1.29, 1.82) is 0 Å². The predicted octanol–water partition coefficient (Wildman–Crippen LogP) is 3.85. The molecule has 0 amide bonds. The molecule has 1 aliphatic carbocycles. The molecule has 2 atom stereocenters. The van der Waals surface area contributed by atoms with Crippen LogP contribution in [0.25, 0.3) is 0 Å². The van der Waals surface area contributed by atoms with Crippen LogP contribution in [0.2, 0.25) is 0 Å². The summed E-state index contributed by atoms with van der Waals surface area (Å²) in [6, 6.07) is 4.61. The van der Waals surface area contributed by atoms with Gasteiger partial charge in [-0.3, -0.25) is 0 Å². The molecule has 4 heteroatoms. The summed E-state index contributed by atoms with van der Waals surface area (Å²) in [5.74, 6) is -0.462. The van der Waals surface area contributed by atoms with Crippen LogP contribution in [0.4, 0.5) is 8.78 Å². The molecule has 0 aromatic heterocycles. The topological polar surface area (TPSA) is 12.0 Å². The van der Waals surface area contributed by atoms with E-state index < -0.39 is 11.6 Å². The summed E-state index contributed by atoms with van der Waals surface area (Å²) in [7, 11) is 0. The summed E-state index contributed by atoms with van der Waals surface area (Å²) in [5, 5.41) is 3.32. The monoisotopic (exact) mass is 273 g/mol. The van der Waals surface area contributed by atoms with E-state index in [9.17, 15) is 8.78 Å². The molecule has 1 saturated carbocycles. The van der Waals surface area contributed by atoms with Crippen molar-refractivity contribution in [3.63, 3.8) is 0 Å². The first-order valence-electron chi connectivity index (χ1n) is 6.44. The van der Waals surface area contributed by atoms with Crippen LogP contribution in [0.5, 0.6) is 0 Å². The molecule has 100 valence electrons. The van der Waals surface area contributed by atoms with E-state index in [2.05, 4.69) is 5.32 Å². The summed E-state index contributed by atoms with van der Waals surface area (Å²) < 4.78 is 26.6. The molecule has 1 fully saturated rings. The molecule has 1 N–H and O–H groups in total. The van der Waals surface area contributed by atoms with Crippen molar-refractivity contribution in [3.8, 4) is 0 Å². The van der Waals surface area contributed by atoms with E-state index >= 15 is 0 Å². The minimum atomic E-state index is -0.785. The summed E-state index contributed by atoms with van der Waals surface area (Å²) in [5.41, 5.74) is 0.383. The maximum atomic E-state index is 13.5. The van der Waals surface area contributed by atoms with Gasteiger partial charge in [-0.05, 0) is 24.8 Å². The van der Waals surface area contributed by atoms with Crippen LogP contribution >= 0.6 is 11.6 Å². The first kappa shape index (κ1) is 13.8. The fraction of sp³-hybridized carbons (Fsp3) is 0.571. The molecule has 18 heavy (non-hydrogen) atoms. The Balaban J connectivity index is 1.96. The lowest BCUT2D eigenvalue weighted by Crippen LogP contribution is -2.39. The van der Waals surface area contributed by atoms with E-state index in [4.69, 9.17) is 11.6 Å². The van der Waals surface area contributed by atoms with Gasteiger partial charge in [-0.25, -0.2) is 8.78 Å². The average Bonchev–Trinajstić information content (AvgIpc) is 2.41. The largest absolute Gasteiger partial charge is 0.309 e. The maximum absolute atomic E-state index is 13.5. The minimum absolute atomic E-state index is 0.318. The van der Waals surface area contributed by atoms with Crippen molar-refractivity contribution in [1.82, 2.24) is 5.32 Å². The van der Waals surface area contributed by atoms with Gasteiger partial charge in [0.2, 0.25) is 0 Å². The Morgan fingerprint density at radius 2 is 2.00 bits per heavy atom. The van der Waals surface area contributed by atoms with Crippen molar-refractivity contribution >= 4 is 11.6 Å². The molecular formula is C14H18ClF2N. The number of hydrogen-bond acceptors (Lipinski definition) is 1. The fourth-order valence-corrected chi connectivity index (χ4v) is 2.96. The predicted molar refractivity (Wildman–Crippen MR) is 69.7 cm³/mol. The van der Waals surface area contributed by atoms with Gasteiger partial charge in [0.1, 0.15) is 0 Å². The van der Waals surface area contributed by atoms with E-state index in [1.54, 1.807) is 6.07 Å². The normalized spacial score (nSPS) is 24.2. The van der Waals surface area contributed by atoms with Gasteiger partial charge in [-0.15, -0.1) is 11.6 Å². The number of alkyl halides is 1. The van der Waals surface area contributed by atoms with E-state index in [0.29, 0.717) is 29.9 Å². The molecule has 0 heterocycles. The van der Waals surface area contributed by atoms with Crippen molar-refractivity contribution in [3.05, 3.63) is 35.4 Å². The summed E-state index contributed by atoms with van der Waals surface area (Å²) in [6.07, 6.45) is 4.57. The van der Waals surface area contributed by atoms with E-state index in [0.717, 1.165) is 18.9 Å². The van der Waals surface area contributed by atoms with Gasteiger partial charge in [-0.1, -0.05) is 25.0 Å². The third-order valence-corrected chi connectivity index (χ3v) is 4.09. The molecule has 0 radical (unpaired) electrons. The number of hydrogen-bond donors (Lipinski definition) is 1. The third-order valence-electron chi connectivity index (χ3n) is 3.69. The molecular weight excluding hydrogens is 256 g/mol. The van der Waals surface area contributed by atoms with Crippen LogP contribution in [0.1, 0.15) is 31.2 Å². The highest BCUT2D eigenvalue weighted by Crippen LogP contribution is 2.25. The number of halogens is 3. The lowest BCUT2D eigenvalue weighted by Gasteiger charge is -2.31. The highest BCUT2D eigenvalue weighted by atomic mass is 35.5. The Hall–Kier alpha value is -0.670. The van der Waals surface area contributed by atoms with Crippen molar-refractivity contribution in [2.24, 2.45) is 5.92 Å². The van der Waals surface area contributed by atoms with Gasteiger partial charge in [0, 0.05) is 24.0 Å². The second-order valence-electron chi connectivity index (χ2n) is 4.90. The number of nitrogens with one attached hydrogen (secondary N) is 1. The quantitative estimate of drug-likeness (QED) is 0.822. The Bertz CT molecular complexity index is 397. The first-order valence-corrected chi connectivity index (χ1v) is 6.98. The van der Waals surface area contributed by atoms with E-state index in [-0.39, 0.29) is 0 Å². The number of benzene rings is 1. The second kappa shape index (κ2) is 6.48. The molecule has 2 rings (SSSR count). The standard InChI is InChI=1S/C14H18ClF2N/c15-8-10-4-1-2-7-13(10)18-9-11-5-3-6-12(16)14(11)17/h3,5-6,10,13,18H,1-2,4,7-9H2. The third kappa shape index (κ3) is 3.21. The van der Waals surface area contributed by atoms with Gasteiger partial charge in [-0.2, -0.15) is 0 Å². The smallest absolute Gasteiger partial charge is 0.163 e. The van der Waals surface area contributed by atoms with Crippen LogP contribution in [0, 0.1) is 17.6 Å². The Morgan fingerprint density at radius 3 is 2.78 bits per heavy atom. The van der Waals surface area contributed by atoms with Crippen LogP contribution in [0.15, 0.2) is 18.2 Å². The van der Waals surface area contributed by atoms with E-state index in [1.165, 1.54) is 18.9 Å². The lowest BCUT2D eigenvalue weighted by molar-refractivity contribution is 0.281. The van der Waals surface area contributed by atoms with Gasteiger partial charge in [0.25, 0.3) is 0 Å². The van der Waals surface area contributed by atoms with Crippen LogP contribution < -0.4 is 5.32 Å². The fourth-order valence-electron chi connectivity index (χ4n) is 2.59. The lowest BCUT2D eigenvalue weighted by atomic mass is 9.85. The molecule has 1 aromatic rings. The Kier molecular flexibility index (Phi) is 4.95. The molecule has 1 nitrogen and oxygen atoms in total. The number of rotatable bonds is 4. The van der Waals surface area contributed by atoms with Gasteiger partial charge in [0.15, 0.2) is 11.6 Å². The molecule has 1 aromatic carbocycles. The molecule has 0 spiro atoms. The highest BCUT2D eigenvalue weighted by molar-refractivity contribution is 6.18. The van der Waals surface area contributed by atoms with Gasteiger partial charge in [0.05, 0.1) is 0 Å². The van der Waals surface area contributed by atoms with Crippen LogP contribution in [0.3, 0.4) is 0 Å². The minimum Gasteiger partial charge on any atom is -0.309 e. The summed E-state index contributed by atoms with van der Waals surface area (Å²) in [4.78, 5) is 0. The second-order valence-corrected chi connectivity index (χ2v) is 5.21. The van der Waals surface area contributed by atoms with Gasteiger partial charge >= 0.3 is 0 Å². The molecule has 0 saturated heterocycles. The zero-order valence-corrected chi connectivity index (χ0v) is 11.0. The molecule has 2 unspecified atom stereocenters. The molecule has 0 aliphatic heterocycles. The molecule has 0 bridgehead atoms. The highest BCUT2D eigenvalue weighted by Gasteiger charge is 2.24. The van der Waals surface area contributed by atoms with Crippen molar-refractivity contribution < 1.29 is 8.78 Å². The maximum Gasteiger partial charge on any atom is 0.163 e. The van der Waals surface area contributed by atoms with Crippen molar-refractivity contribution in [2.75, 3.05) is 5.88 Å².